The lowest BCUT2D eigenvalue weighted by Gasteiger charge is -2.09. The first-order valence-electron chi connectivity index (χ1n) is 4.59. The van der Waals surface area contributed by atoms with E-state index in [-0.39, 0.29) is 23.9 Å². The van der Waals surface area contributed by atoms with Crippen molar-refractivity contribution >= 4 is 29.1 Å². The maximum absolute atomic E-state index is 11.6. The van der Waals surface area contributed by atoms with E-state index in [1.165, 1.54) is 23.9 Å². The number of rotatable bonds is 2. The third-order valence-corrected chi connectivity index (χ3v) is 2.94. The van der Waals surface area contributed by atoms with Gasteiger partial charge in [0.2, 0.25) is 5.91 Å². The lowest BCUT2D eigenvalue weighted by Crippen LogP contribution is -2.40. The summed E-state index contributed by atoms with van der Waals surface area (Å²) in [4.78, 5) is 39.1. The number of hydrogen-bond acceptors (Lipinski definition) is 5. The zero-order valence-electron chi connectivity index (χ0n) is 8.47. The summed E-state index contributed by atoms with van der Waals surface area (Å²) < 4.78 is 0. The van der Waals surface area contributed by atoms with Crippen LogP contribution in [0.2, 0.25) is 0 Å². The average Bonchev–Trinajstić information content (AvgIpc) is 2.85. The minimum atomic E-state index is -0.758. The number of thiazole rings is 1. The predicted octanol–water partition coefficient (Wildman–Crippen LogP) is -0.370. The van der Waals surface area contributed by atoms with Crippen LogP contribution in [0.3, 0.4) is 0 Å². The van der Waals surface area contributed by atoms with E-state index in [0.717, 1.165) is 4.90 Å². The summed E-state index contributed by atoms with van der Waals surface area (Å²) in [6, 6.07) is -0.758. The second-order valence-electron chi connectivity index (χ2n) is 3.39. The largest absolute Gasteiger partial charge is 0.338 e. The zero-order valence-corrected chi connectivity index (χ0v) is 9.28. The Hall–Kier alpha value is -1.76. The SMILES string of the molecule is CN1C(=O)CC(NC(=O)c2cscn2)C1=O. The van der Waals surface area contributed by atoms with Crippen molar-refractivity contribution in [1.29, 1.82) is 0 Å². The molecule has 6 nitrogen and oxygen atoms in total. The van der Waals surface area contributed by atoms with E-state index in [1.54, 1.807) is 5.38 Å². The number of imide groups is 1. The van der Waals surface area contributed by atoms with E-state index in [0.29, 0.717) is 0 Å². The van der Waals surface area contributed by atoms with Gasteiger partial charge in [0.1, 0.15) is 11.7 Å². The third kappa shape index (κ3) is 1.81. The standard InChI is InChI=1S/C9H9N3O3S/c1-12-7(13)2-5(9(12)15)11-8(14)6-3-16-4-10-6/h3-5H,2H2,1H3,(H,11,14). The smallest absolute Gasteiger partial charge is 0.271 e. The maximum Gasteiger partial charge on any atom is 0.271 e. The molecule has 7 heteroatoms. The van der Waals surface area contributed by atoms with Gasteiger partial charge in [-0.2, -0.15) is 0 Å². The first-order chi connectivity index (χ1) is 7.59. The van der Waals surface area contributed by atoms with Crippen molar-refractivity contribution in [1.82, 2.24) is 15.2 Å². The molecule has 0 radical (unpaired) electrons. The fourth-order valence-corrected chi connectivity index (χ4v) is 1.96. The number of nitrogens with zero attached hydrogens (tertiary/aromatic N) is 2. The Bertz CT molecular complexity index is 443. The minimum Gasteiger partial charge on any atom is -0.338 e. The molecule has 1 N–H and O–H groups in total. The van der Waals surface area contributed by atoms with Crippen LogP contribution in [0, 0.1) is 0 Å². The van der Waals surface area contributed by atoms with Crippen LogP contribution in [0.4, 0.5) is 0 Å². The van der Waals surface area contributed by atoms with Gasteiger partial charge in [-0.1, -0.05) is 0 Å². The molecule has 0 spiro atoms. The molecular formula is C9H9N3O3S. The van der Waals surface area contributed by atoms with E-state index < -0.39 is 11.9 Å². The fraction of sp³-hybridized carbons (Fsp3) is 0.333. The number of likely N-dealkylation sites (tertiary alicyclic amines) is 1. The molecule has 0 bridgehead atoms. The molecule has 0 aliphatic carbocycles. The number of amides is 3. The summed E-state index contributed by atoms with van der Waals surface area (Å²) in [5, 5.41) is 4.07. The topological polar surface area (TPSA) is 79.4 Å². The van der Waals surface area contributed by atoms with E-state index in [2.05, 4.69) is 10.3 Å². The summed E-state index contributed by atoms with van der Waals surface area (Å²) in [6.07, 6.45) is 0.0191. The van der Waals surface area contributed by atoms with Crippen LogP contribution >= 0.6 is 11.3 Å². The predicted molar refractivity (Wildman–Crippen MR) is 55.8 cm³/mol. The summed E-state index contributed by atoms with van der Waals surface area (Å²) in [5.74, 6) is -1.09. The lowest BCUT2D eigenvalue weighted by atomic mass is 10.2. The first kappa shape index (κ1) is 10.7. The van der Waals surface area contributed by atoms with Crippen molar-refractivity contribution in [3.8, 4) is 0 Å². The Balaban J connectivity index is 2.04. The Morgan fingerprint density at radius 3 is 2.88 bits per heavy atom. The van der Waals surface area contributed by atoms with Crippen molar-refractivity contribution in [2.75, 3.05) is 7.05 Å². The van der Waals surface area contributed by atoms with E-state index in [9.17, 15) is 14.4 Å². The fourth-order valence-electron chi connectivity index (χ4n) is 1.43. The van der Waals surface area contributed by atoms with Gasteiger partial charge < -0.3 is 5.32 Å². The van der Waals surface area contributed by atoms with Crippen LogP contribution in [-0.4, -0.2) is 40.7 Å². The lowest BCUT2D eigenvalue weighted by molar-refractivity contribution is -0.137. The van der Waals surface area contributed by atoms with Crippen LogP contribution in [0.5, 0.6) is 0 Å². The van der Waals surface area contributed by atoms with Crippen molar-refractivity contribution in [2.24, 2.45) is 0 Å². The van der Waals surface area contributed by atoms with E-state index in [4.69, 9.17) is 0 Å². The van der Waals surface area contributed by atoms with Crippen LogP contribution in [-0.2, 0) is 9.59 Å². The van der Waals surface area contributed by atoms with Crippen molar-refractivity contribution in [3.05, 3.63) is 16.6 Å². The van der Waals surface area contributed by atoms with Crippen molar-refractivity contribution < 1.29 is 14.4 Å². The number of aromatic nitrogens is 1. The molecule has 1 aromatic heterocycles. The molecule has 0 saturated carbocycles. The third-order valence-electron chi connectivity index (χ3n) is 2.35. The highest BCUT2D eigenvalue weighted by molar-refractivity contribution is 7.07. The summed E-state index contributed by atoms with van der Waals surface area (Å²) in [7, 11) is 1.40. The van der Waals surface area contributed by atoms with Crippen LogP contribution in [0.1, 0.15) is 16.9 Å². The van der Waals surface area contributed by atoms with Crippen LogP contribution in [0.15, 0.2) is 10.9 Å². The highest BCUT2D eigenvalue weighted by Crippen LogP contribution is 2.11. The maximum atomic E-state index is 11.6. The van der Waals surface area contributed by atoms with Gasteiger partial charge in [0.15, 0.2) is 0 Å². The molecule has 1 fully saturated rings. The molecule has 1 unspecified atom stereocenters. The van der Waals surface area contributed by atoms with Gasteiger partial charge in [0.25, 0.3) is 11.8 Å². The monoisotopic (exact) mass is 239 g/mol. The van der Waals surface area contributed by atoms with Gasteiger partial charge in [-0.25, -0.2) is 4.98 Å². The number of carbonyl (C=O) groups is 3. The van der Waals surface area contributed by atoms with Gasteiger partial charge in [0.05, 0.1) is 11.9 Å². The van der Waals surface area contributed by atoms with Crippen molar-refractivity contribution in [2.45, 2.75) is 12.5 Å². The molecule has 0 aromatic carbocycles. The normalized spacial score (nSPS) is 20.3. The van der Waals surface area contributed by atoms with Gasteiger partial charge in [-0.3, -0.25) is 19.3 Å². The van der Waals surface area contributed by atoms with E-state index in [1.807, 2.05) is 0 Å². The Morgan fingerprint density at radius 1 is 1.62 bits per heavy atom. The molecule has 1 aliphatic rings. The molecule has 16 heavy (non-hydrogen) atoms. The van der Waals surface area contributed by atoms with Gasteiger partial charge in [-0.15, -0.1) is 11.3 Å². The second-order valence-corrected chi connectivity index (χ2v) is 4.11. The summed E-state index contributed by atoms with van der Waals surface area (Å²) >= 11 is 1.29. The van der Waals surface area contributed by atoms with Gasteiger partial charge in [-0.05, 0) is 0 Å². The Labute approximate surface area is 95.3 Å². The van der Waals surface area contributed by atoms with Crippen LogP contribution in [0.25, 0.3) is 0 Å². The molecule has 3 amide bonds. The minimum absolute atomic E-state index is 0.0191. The number of likely N-dealkylation sites (N-methyl/N-ethyl adjacent to an activating group) is 1. The Morgan fingerprint density at radius 2 is 2.38 bits per heavy atom. The molecule has 1 aliphatic heterocycles. The molecule has 1 aromatic rings. The molecule has 2 rings (SSSR count). The molecule has 1 atom stereocenters. The number of hydrogen-bond donors (Lipinski definition) is 1. The summed E-state index contributed by atoms with van der Waals surface area (Å²) in [6.45, 7) is 0. The first-order valence-corrected chi connectivity index (χ1v) is 5.53. The van der Waals surface area contributed by atoms with Gasteiger partial charge in [0, 0.05) is 12.4 Å². The molecule has 1 saturated heterocycles. The van der Waals surface area contributed by atoms with Crippen molar-refractivity contribution in [3.63, 3.8) is 0 Å². The van der Waals surface area contributed by atoms with Crippen LogP contribution < -0.4 is 5.32 Å². The highest BCUT2D eigenvalue weighted by atomic mass is 32.1. The highest BCUT2D eigenvalue weighted by Gasteiger charge is 2.37. The quantitative estimate of drug-likeness (QED) is 0.714. The second kappa shape index (κ2) is 4.01. The zero-order chi connectivity index (χ0) is 11.7. The molecule has 84 valence electrons. The van der Waals surface area contributed by atoms with E-state index >= 15 is 0 Å². The van der Waals surface area contributed by atoms with Gasteiger partial charge >= 0.3 is 0 Å². The Kier molecular flexibility index (Phi) is 2.69. The molecule has 2 heterocycles. The summed E-state index contributed by atoms with van der Waals surface area (Å²) in [5.41, 5.74) is 1.79. The number of nitrogens with one attached hydrogen (secondary N) is 1. The molecular weight excluding hydrogens is 230 g/mol. The average molecular weight is 239 g/mol. The number of carbonyl (C=O) groups excluding carboxylic acids is 3.